The summed E-state index contributed by atoms with van der Waals surface area (Å²) in [6.45, 7) is 1.75. The zero-order valence-electron chi connectivity index (χ0n) is 9.32. The second-order valence-corrected chi connectivity index (χ2v) is 3.63. The Morgan fingerprint density at radius 2 is 2.00 bits per heavy atom. The van der Waals surface area contributed by atoms with E-state index < -0.39 is 0 Å². The van der Waals surface area contributed by atoms with E-state index in [9.17, 15) is 4.79 Å². The molecule has 1 aromatic heterocycles. The highest BCUT2D eigenvalue weighted by Gasteiger charge is 2.07. The first kappa shape index (κ1) is 11.0. The molecule has 17 heavy (non-hydrogen) atoms. The van der Waals surface area contributed by atoms with Crippen molar-refractivity contribution in [1.82, 2.24) is 4.98 Å². The Labute approximate surface area is 98.5 Å². The molecule has 0 aliphatic carbocycles. The van der Waals surface area contributed by atoms with Gasteiger partial charge in [0.05, 0.1) is 5.69 Å². The second kappa shape index (κ2) is 4.54. The highest BCUT2D eigenvalue weighted by molar-refractivity contribution is 5.64. The number of hydrogen-bond donors (Lipinski definition) is 2. The lowest BCUT2D eigenvalue weighted by atomic mass is 10.1. The molecule has 0 saturated heterocycles. The molecule has 2 aromatic rings. The summed E-state index contributed by atoms with van der Waals surface area (Å²) in [5.74, 6) is 0. The molecule has 0 atom stereocenters. The maximum Gasteiger partial charge on any atom is 0.266 e. The van der Waals surface area contributed by atoms with Crippen molar-refractivity contribution in [2.24, 2.45) is 0 Å². The molecular weight excluding hydrogens is 214 g/mol. The summed E-state index contributed by atoms with van der Waals surface area (Å²) in [4.78, 5) is 13.9. The molecule has 0 fully saturated rings. The van der Waals surface area contributed by atoms with Crippen molar-refractivity contribution in [2.45, 2.75) is 6.92 Å². The average molecular weight is 225 g/mol. The van der Waals surface area contributed by atoms with E-state index in [-0.39, 0.29) is 11.1 Å². The summed E-state index contributed by atoms with van der Waals surface area (Å²) in [7, 11) is 0. The van der Waals surface area contributed by atoms with Crippen molar-refractivity contribution >= 4 is 11.4 Å². The van der Waals surface area contributed by atoms with Crippen LogP contribution in [0.2, 0.25) is 0 Å². The molecule has 0 aliphatic rings. The largest absolute Gasteiger partial charge is 0.354 e. The van der Waals surface area contributed by atoms with Gasteiger partial charge in [0.2, 0.25) is 0 Å². The maximum atomic E-state index is 11.4. The van der Waals surface area contributed by atoms with Gasteiger partial charge in [-0.15, -0.1) is 0 Å². The third kappa shape index (κ3) is 2.18. The van der Waals surface area contributed by atoms with Gasteiger partial charge in [-0.25, -0.2) is 0 Å². The Morgan fingerprint density at radius 1 is 1.29 bits per heavy atom. The number of hydrogen-bond acceptors (Lipinski definition) is 3. The Hall–Kier alpha value is -2.54. The first-order valence-electron chi connectivity index (χ1n) is 5.17. The van der Waals surface area contributed by atoms with Gasteiger partial charge in [-0.1, -0.05) is 18.2 Å². The van der Waals surface area contributed by atoms with Gasteiger partial charge in [0, 0.05) is 11.9 Å². The fraction of sp³-hybridized carbons (Fsp3) is 0.0769. The molecule has 0 saturated carbocycles. The molecule has 4 heteroatoms. The van der Waals surface area contributed by atoms with Crippen molar-refractivity contribution in [2.75, 3.05) is 5.32 Å². The molecular formula is C13H11N3O. The monoisotopic (exact) mass is 225 g/mol. The highest BCUT2D eigenvalue weighted by atomic mass is 16.1. The number of nitriles is 1. The minimum absolute atomic E-state index is 0.144. The van der Waals surface area contributed by atoms with Crippen LogP contribution in [-0.4, -0.2) is 4.98 Å². The zero-order valence-corrected chi connectivity index (χ0v) is 9.32. The van der Waals surface area contributed by atoms with Gasteiger partial charge in [0.25, 0.3) is 5.56 Å². The third-order valence-electron chi connectivity index (χ3n) is 2.52. The lowest BCUT2D eigenvalue weighted by Gasteiger charge is -2.09. The Morgan fingerprint density at radius 3 is 2.65 bits per heavy atom. The quantitative estimate of drug-likeness (QED) is 0.823. The van der Waals surface area contributed by atoms with Crippen molar-refractivity contribution in [1.29, 1.82) is 5.26 Å². The molecule has 2 N–H and O–H groups in total. The number of H-pyrrole nitrogens is 1. The SMILES string of the molecule is Cc1c(Nc2ccccc2)c[nH]c(=O)c1C#N. The van der Waals surface area contributed by atoms with E-state index >= 15 is 0 Å². The van der Waals surface area contributed by atoms with Crippen LogP contribution in [0.3, 0.4) is 0 Å². The molecule has 0 aliphatic heterocycles. The summed E-state index contributed by atoms with van der Waals surface area (Å²) >= 11 is 0. The van der Waals surface area contributed by atoms with Crippen LogP contribution < -0.4 is 10.9 Å². The van der Waals surface area contributed by atoms with Crippen LogP contribution in [0.15, 0.2) is 41.3 Å². The molecule has 0 bridgehead atoms. The van der Waals surface area contributed by atoms with Gasteiger partial charge < -0.3 is 10.3 Å². The Bertz CT molecular complexity index is 623. The molecule has 1 heterocycles. The average Bonchev–Trinajstić information content (AvgIpc) is 2.35. The summed E-state index contributed by atoms with van der Waals surface area (Å²) in [6.07, 6.45) is 1.57. The lowest BCUT2D eigenvalue weighted by molar-refractivity contribution is 1.18. The van der Waals surface area contributed by atoms with Gasteiger partial charge in [-0.2, -0.15) is 5.26 Å². The standard InChI is InChI=1S/C13H11N3O/c1-9-11(7-14)13(17)15-8-12(9)16-10-5-3-2-4-6-10/h2-6,8,16H,1H3,(H,15,17). The lowest BCUT2D eigenvalue weighted by Crippen LogP contribution is -2.12. The smallest absolute Gasteiger partial charge is 0.266 e. The third-order valence-corrected chi connectivity index (χ3v) is 2.52. The number of nitrogens with one attached hydrogen (secondary N) is 2. The van der Waals surface area contributed by atoms with E-state index in [0.717, 1.165) is 11.4 Å². The van der Waals surface area contributed by atoms with Gasteiger partial charge >= 0.3 is 0 Å². The van der Waals surface area contributed by atoms with Crippen LogP contribution in [0.5, 0.6) is 0 Å². The fourth-order valence-corrected chi connectivity index (χ4v) is 1.56. The molecule has 4 nitrogen and oxygen atoms in total. The topological polar surface area (TPSA) is 68.7 Å². The van der Waals surface area contributed by atoms with Crippen molar-refractivity contribution < 1.29 is 0 Å². The van der Waals surface area contributed by atoms with Gasteiger partial charge in [-0.3, -0.25) is 4.79 Å². The van der Waals surface area contributed by atoms with Crippen LogP contribution in [0.4, 0.5) is 11.4 Å². The predicted molar refractivity (Wildman–Crippen MR) is 66.2 cm³/mol. The Kier molecular flexibility index (Phi) is 2.93. The number of nitrogens with zero attached hydrogens (tertiary/aromatic N) is 1. The number of rotatable bonds is 2. The first-order chi connectivity index (χ1) is 8.22. The van der Waals surface area contributed by atoms with Crippen LogP contribution in [0.25, 0.3) is 0 Å². The van der Waals surface area contributed by atoms with Gasteiger partial charge in [0.1, 0.15) is 11.6 Å². The highest BCUT2D eigenvalue weighted by Crippen LogP contribution is 2.19. The van der Waals surface area contributed by atoms with Gasteiger partial charge in [0.15, 0.2) is 0 Å². The summed E-state index contributed by atoms with van der Waals surface area (Å²) < 4.78 is 0. The summed E-state index contributed by atoms with van der Waals surface area (Å²) in [5, 5.41) is 12.0. The van der Waals surface area contributed by atoms with Crippen LogP contribution in [0.1, 0.15) is 11.1 Å². The van der Waals surface area contributed by atoms with E-state index in [2.05, 4.69) is 10.3 Å². The minimum atomic E-state index is -0.358. The molecule has 0 unspecified atom stereocenters. The first-order valence-corrected chi connectivity index (χ1v) is 5.17. The molecule has 0 amide bonds. The van der Waals surface area contributed by atoms with E-state index in [1.807, 2.05) is 36.4 Å². The van der Waals surface area contributed by atoms with Crippen molar-refractivity contribution in [3.8, 4) is 6.07 Å². The number of pyridine rings is 1. The fourth-order valence-electron chi connectivity index (χ4n) is 1.56. The molecule has 0 spiro atoms. The zero-order chi connectivity index (χ0) is 12.3. The van der Waals surface area contributed by atoms with Crippen LogP contribution >= 0.6 is 0 Å². The number of benzene rings is 1. The van der Waals surface area contributed by atoms with E-state index in [1.165, 1.54) is 0 Å². The number of aromatic nitrogens is 1. The van der Waals surface area contributed by atoms with E-state index in [1.54, 1.807) is 13.1 Å². The summed E-state index contributed by atoms with van der Waals surface area (Å²) in [6, 6.07) is 11.5. The number of anilines is 2. The van der Waals surface area contributed by atoms with Crippen LogP contribution in [0, 0.1) is 18.3 Å². The normalized spacial score (nSPS) is 9.65. The molecule has 1 aromatic carbocycles. The summed E-state index contributed by atoms with van der Waals surface area (Å²) in [5.41, 5.74) is 2.08. The Balaban J connectivity index is 2.42. The molecule has 2 rings (SSSR count). The van der Waals surface area contributed by atoms with E-state index in [4.69, 9.17) is 5.26 Å². The minimum Gasteiger partial charge on any atom is -0.354 e. The van der Waals surface area contributed by atoms with Gasteiger partial charge in [-0.05, 0) is 24.6 Å². The molecule has 84 valence electrons. The van der Waals surface area contributed by atoms with Crippen LogP contribution in [-0.2, 0) is 0 Å². The maximum absolute atomic E-state index is 11.4. The number of para-hydroxylation sites is 1. The second-order valence-electron chi connectivity index (χ2n) is 3.63. The van der Waals surface area contributed by atoms with Crippen molar-refractivity contribution in [3.63, 3.8) is 0 Å². The van der Waals surface area contributed by atoms with Crippen molar-refractivity contribution in [3.05, 3.63) is 58.0 Å². The number of aromatic amines is 1. The molecule has 0 radical (unpaired) electrons. The van der Waals surface area contributed by atoms with E-state index in [0.29, 0.717) is 5.56 Å². The predicted octanol–water partition coefficient (Wildman–Crippen LogP) is 2.30.